The molecule has 0 bridgehead atoms. The number of azo groups is 2. The number of pyridine rings is 1. The lowest BCUT2D eigenvalue weighted by Gasteiger charge is -2.13. The number of carbonyl (C=O) groups excluding carboxylic acids is 1. The van der Waals surface area contributed by atoms with Gasteiger partial charge in [0.1, 0.15) is 37.5 Å². The number of nitrogen functional groups attached to an aromatic ring is 1. The van der Waals surface area contributed by atoms with Crippen molar-refractivity contribution in [3.8, 4) is 11.7 Å². The fraction of sp³-hybridized carbons (Fsp3) is 0.0526. The average Bonchev–Trinajstić information content (AvgIpc) is 3.25. The van der Waals surface area contributed by atoms with Gasteiger partial charge in [0, 0.05) is 29.1 Å². The molecule has 0 fully saturated rings. The molecule has 1 amide bonds. The zero-order valence-corrected chi connectivity index (χ0v) is 37.9. The molecule has 356 valence electrons. The molecule has 9 N–H and O–H groups in total. The molecule has 7 aromatic rings. The predicted molar refractivity (Wildman–Crippen MR) is 239 cm³/mol. The van der Waals surface area contributed by atoms with Gasteiger partial charge in [-0.2, -0.15) is 33.7 Å². The van der Waals surface area contributed by atoms with Crippen LogP contribution >= 0.6 is 0 Å². The van der Waals surface area contributed by atoms with E-state index in [4.69, 9.17) is 10.5 Å². The molecule has 27 nitrogen and oxygen atoms in total. The van der Waals surface area contributed by atoms with Gasteiger partial charge in [-0.25, -0.2) is 9.36 Å². The second-order valence-electron chi connectivity index (χ2n) is 14.0. The van der Waals surface area contributed by atoms with Gasteiger partial charge >= 0.3 is 23.8 Å². The molecule has 0 aliphatic carbocycles. The lowest BCUT2D eigenvalue weighted by atomic mass is 10.1. The van der Waals surface area contributed by atoms with Crippen LogP contribution in [0.5, 0.6) is 5.75 Å². The van der Waals surface area contributed by atoms with Gasteiger partial charge in [-0.1, -0.05) is 12.1 Å². The van der Waals surface area contributed by atoms with E-state index < -0.39 is 88.4 Å². The number of aromatic carboxylic acids is 1. The number of amides is 1. The van der Waals surface area contributed by atoms with Crippen molar-refractivity contribution in [1.29, 1.82) is 0 Å². The smallest absolute Gasteiger partial charge is 0.444 e. The van der Waals surface area contributed by atoms with Crippen molar-refractivity contribution in [3.05, 3.63) is 96.8 Å². The molecule has 0 saturated heterocycles. The van der Waals surface area contributed by atoms with Crippen LogP contribution in [0.3, 0.4) is 0 Å². The summed E-state index contributed by atoms with van der Waals surface area (Å²) in [6.07, 6.45) is 2.66. The Labute approximate surface area is 388 Å². The van der Waals surface area contributed by atoms with Crippen molar-refractivity contribution in [2.75, 3.05) is 23.5 Å². The standard InChI is InChI=1S/C38H29N11O16S4/c1-18(50)40-26-15-28(30(65-2)16-27(26)46-48-29-14-23-20(12-33(29)69(62,63)64)11-21(66(53,54)55)13-32(23)68(59,60)61)47-45-24-8-9-25(34-22(24)6-3-7-31(34)67(56,57)58)41-37-42-36(39)43-38(44-37)49-10-4-5-19(17-49)35(51)52/h3-17H,1-2H3,(H8-,39,40,41,42,43,44,47,48,50,51,52,53,54,55,56,57,58,59,60,61,62,63,64)/p+1. The van der Waals surface area contributed by atoms with Gasteiger partial charge in [-0.05, 0) is 76.0 Å². The molecule has 2 heterocycles. The van der Waals surface area contributed by atoms with E-state index in [2.05, 4.69) is 46.0 Å². The Morgan fingerprint density at radius 1 is 0.667 bits per heavy atom. The number of carboxylic acid groups (broad SMARTS) is 1. The molecule has 69 heavy (non-hydrogen) atoms. The monoisotopic (exact) mass is 1020 g/mol. The summed E-state index contributed by atoms with van der Waals surface area (Å²) in [4.78, 5) is 32.5. The van der Waals surface area contributed by atoms with E-state index in [1.807, 2.05) is 0 Å². The van der Waals surface area contributed by atoms with Crippen LogP contribution in [-0.2, 0) is 45.3 Å². The molecule has 0 aliphatic rings. The fourth-order valence-corrected chi connectivity index (χ4v) is 9.23. The highest BCUT2D eigenvalue weighted by Crippen LogP contribution is 2.43. The number of carboxylic acids is 1. The highest BCUT2D eigenvalue weighted by Gasteiger charge is 2.26. The summed E-state index contributed by atoms with van der Waals surface area (Å²) >= 11 is 0. The number of methoxy groups -OCH3 is 1. The van der Waals surface area contributed by atoms with E-state index in [0.717, 1.165) is 25.1 Å². The van der Waals surface area contributed by atoms with Gasteiger partial charge in [0.2, 0.25) is 5.91 Å². The lowest BCUT2D eigenvalue weighted by Crippen LogP contribution is -2.34. The summed E-state index contributed by atoms with van der Waals surface area (Å²) in [5.74, 6) is -2.71. The Hall–Kier alpha value is -8.04. The number of carbonyl (C=O) groups is 2. The number of ether oxygens (including phenoxy) is 1. The number of nitrogens with two attached hydrogens (primary N) is 1. The van der Waals surface area contributed by atoms with E-state index in [1.54, 1.807) is 0 Å². The normalized spacial score (nSPS) is 12.5. The molecule has 0 saturated carbocycles. The van der Waals surface area contributed by atoms with E-state index in [0.29, 0.717) is 18.2 Å². The quantitative estimate of drug-likeness (QED) is 0.0391. The number of fused-ring (bicyclic) bond motifs is 2. The maximum absolute atomic E-state index is 12.7. The number of rotatable bonds is 14. The zero-order valence-electron chi connectivity index (χ0n) is 34.7. The van der Waals surface area contributed by atoms with Crippen LogP contribution in [-0.4, -0.2) is 90.9 Å². The van der Waals surface area contributed by atoms with Gasteiger partial charge in [-0.3, -0.25) is 23.0 Å². The summed E-state index contributed by atoms with van der Waals surface area (Å²) in [5.41, 5.74) is 4.51. The van der Waals surface area contributed by atoms with Gasteiger partial charge in [0.05, 0.1) is 47.0 Å². The summed E-state index contributed by atoms with van der Waals surface area (Å²) in [5, 5.41) is 30.0. The van der Waals surface area contributed by atoms with E-state index in [-0.39, 0.29) is 68.4 Å². The second-order valence-corrected chi connectivity index (χ2v) is 19.6. The van der Waals surface area contributed by atoms with Gasteiger partial charge in [0.15, 0.2) is 0 Å². The summed E-state index contributed by atoms with van der Waals surface area (Å²) in [6.45, 7) is 1.11. The van der Waals surface area contributed by atoms with Gasteiger partial charge in [-0.15, -0.1) is 25.4 Å². The average molecular weight is 1020 g/mol. The molecular weight excluding hydrogens is 995 g/mol. The Bertz CT molecular complexity index is 3880. The third-order valence-electron chi connectivity index (χ3n) is 9.38. The number of aromatic nitrogens is 4. The lowest BCUT2D eigenvalue weighted by molar-refractivity contribution is -0.603. The summed E-state index contributed by atoms with van der Waals surface area (Å²) in [6, 6.07) is 14.1. The third-order valence-corrected chi connectivity index (χ3v) is 12.9. The van der Waals surface area contributed by atoms with E-state index in [1.165, 1.54) is 66.5 Å². The molecule has 0 spiro atoms. The highest BCUT2D eigenvalue weighted by molar-refractivity contribution is 7.87. The number of nitrogens with one attached hydrogen (secondary N) is 2. The van der Waals surface area contributed by atoms with Crippen LogP contribution in [0.1, 0.15) is 17.3 Å². The molecule has 31 heteroatoms. The Morgan fingerprint density at radius 2 is 1.33 bits per heavy atom. The topological polar surface area (TPSA) is 423 Å². The molecule has 2 aromatic heterocycles. The van der Waals surface area contributed by atoms with Crippen LogP contribution in [0.2, 0.25) is 0 Å². The predicted octanol–water partition coefficient (Wildman–Crippen LogP) is 5.26. The van der Waals surface area contributed by atoms with E-state index >= 15 is 0 Å². The summed E-state index contributed by atoms with van der Waals surface area (Å²) in [7, 11) is -19.4. The van der Waals surface area contributed by atoms with Crippen LogP contribution in [0.4, 0.5) is 46.0 Å². The van der Waals surface area contributed by atoms with Crippen molar-refractivity contribution >= 4 is 120 Å². The fourth-order valence-electron chi connectivity index (χ4n) is 6.52. The Morgan fingerprint density at radius 3 is 1.97 bits per heavy atom. The number of hydrogen-bond acceptors (Lipinski definition) is 20. The van der Waals surface area contributed by atoms with Crippen molar-refractivity contribution in [1.82, 2.24) is 15.0 Å². The molecular formula is C38H30N11O16S4+. The minimum atomic E-state index is -5.27. The minimum Gasteiger partial charge on any atom is -0.494 e. The third kappa shape index (κ3) is 10.7. The van der Waals surface area contributed by atoms with Gasteiger partial charge < -0.3 is 26.2 Å². The highest BCUT2D eigenvalue weighted by atomic mass is 32.2. The Balaban J connectivity index is 1.32. The second kappa shape index (κ2) is 18.2. The molecule has 0 radical (unpaired) electrons. The largest absolute Gasteiger partial charge is 0.494 e. The first-order valence-corrected chi connectivity index (χ1v) is 24.4. The first kappa shape index (κ1) is 48.9. The van der Waals surface area contributed by atoms with Gasteiger partial charge in [0.25, 0.3) is 40.5 Å². The minimum absolute atomic E-state index is 0.00103. The van der Waals surface area contributed by atoms with Crippen LogP contribution in [0, 0.1) is 0 Å². The Kier molecular flexibility index (Phi) is 12.9. The first-order chi connectivity index (χ1) is 32.2. The maximum Gasteiger partial charge on any atom is 0.444 e. The zero-order chi connectivity index (χ0) is 50.4. The number of benzene rings is 5. The number of hydrogen-bond donors (Lipinski definition) is 8. The number of nitrogens with zero attached hydrogens (tertiary/aromatic N) is 8. The van der Waals surface area contributed by atoms with Crippen LogP contribution in [0.25, 0.3) is 27.5 Å². The SMILES string of the molecule is COc1cc(N=Nc2cc3c(S(=O)(=O)O)cc(S(=O)(=O)O)cc3cc2S(=O)(=O)O)c(NC(C)=O)cc1N=Nc1ccc(Nc2nc(N)nc(-[n+]3cccc(C(=O)O)c3)n2)c2c(S(=O)(=O)O)cccc12. The number of anilines is 4. The maximum atomic E-state index is 12.7. The summed E-state index contributed by atoms with van der Waals surface area (Å²) < 4.78 is 145. The molecule has 7 rings (SSSR count). The molecule has 0 atom stereocenters. The van der Waals surface area contributed by atoms with Crippen molar-refractivity contribution < 1.29 is 75.9 Å². The molecule has 5 aromatic carbocycles. The molecule has 0 unspecified atom stereocenters. The molecule has 0 aliphatic heterocycles. The first-order valence-electron chi connectivity index (χ1n) is 18.7. The van der Waals surface area contributed by atoms with E-state index in [9.17, 15) is 66.6 Å². The van der Waals surface area contributed by atoms with Crippen molar-refractivity contribution in [3.63, 3.8) is 0 Å². The van der Waals surface area contributed by atoms with Crippen LogP contribution in [0.15, 0.2) is 131 Å². The van der Waals surface area contributed by atoms with Crippen LogP contribution < -0.4 is 25.7 Å². The van der Waals surface area contributed by atoms with Crippen molar-refractivity contribution in [2.45, 2.75) is 26.5 Å². The van der Waals surface area contributed by atoms with Crippen molar-refractivity contribution in [2.24, 2.45) is 20.5 Å².